The van der Waals surface area contributed by atoms with Gasteiger partial charge in [-0.05, 0) is 32.6 Å². The lowest BCUT2D eigenvalue weighted by atomic mass is 10.3. The number of pyridine rings is 1. The molecular formula is C14H25N3O2. The van der Waals surface area contributed by atoms with Crippen molar-refractivity contribution in [1.82, 2.24) is 15.2 Å². The number of rotatable bonds is 10. The standard InChI is InChI=1S/C14H25N3O2/c1-17(2)8-4-9-19-14-6-5-13(16-12-14)11-15-7-10-18-3/h5-6,12,15H,4,7-11H2,1-3H3. The van der Waals surface area contributed by atoms with Crippen LogP contribution in [-0.4, -0.2) is 57.4 Å². The lowest BCUT2D eigenvalue weighted by Crippen LogP contribution is -2.19. The van der Waals surface area contributed by atoms with Crippen molar-refractivity contribution in [2.45, 2.75) is 13.0 Å². The number of nitrogens with one attached hydrogen (secondary N) is 1. The van der Waals surface area contributed by atoms with Crippen LogP contribution >= 0.6 is 0 Å². The molecule has 0 fully saturated rings. The molecule has 1 N–H and O–H groups in total. The minimum atomic E-state index is 0.715. The fourth-order valence-electron chi connectivity index (χ4n) is 1.56. The van der Waals surface area contributed by atoms with E-state index in [4.69, 9.17) is 9.47 Å². The van der Waals surface area contributed by atoms with Crippen LogP contribution in [0.1, 0.15) is 12.1 Å². The lowest BCUT2D eigenvalue weighted by Gasteiger charge is -2.10. The van der Waals surface area contributed by atoms with Crippen molar-refractivity contribution in [1.29, 1.82) is 0 Å². The number of hydrogen-bond acceptors (Lipinski definition) is 5. The molecule has 0 saturated heterocycles. The summed E-state index contributed by atoms with van der Waals surface area (Å²) in [6.45, 7) is 4.07. The Hall–Kier alpha value is -1.17. The molecule has 0 unspecified atom stereocenters. The Bertz CT molecular complexity index is 328. The molecule has 0 aliphatic heterocycles. The topological polar surface area (TPSA) is 46.6 Å². The second-order valence-corrected chi connectivity index (χ2v) is 4.66. The largest absolute Gasteiger partial charge is 0.492 e. The molecule has 0 aliphatic carbocycles. The van der Waals surface area contributed by atoms with Gasteiger partial charge < -0.3 is 19.7 Å². The van der Waals surface area contributed by atoms with Crippen molar-refractivity contribution in [3.63, 3.8) is 0 Å². The van der Waals surface area contributed by atoms with Crippen molar-refractivity contribution < 1.29 is 9.47 Å². The van der Waals surface area contributed by atoms with Crippen LogP contribution in [0.3, 0.4) is 0 Å². The molecule has 0 aromatic carbocycles. The van der Waals surface area contributed by atoms with Gasteiger partial charge in [-0.25, -0.2) is 0 Å². The zero-order valence-electron chi connectivity index (χ0n) is 12.2. The number of methoxy groups -OCH3 is 1. The predicted molar refractivity (Wildman–Crippen MR) is 76.5 cm³/mol. The van der Waals surface area contributed by atoms with Gasteiger partial charge in [0.25, 0.3) is 0 Å². The third-order valence-corrected chi connectivity index (χ3v) is 2.61. The van der Waals surface area contributed by atoms with Gasteiger partial charge in [0.1, 0.15) is 5.75 Å². The van der Waals surface area contributed by atoms with Crippen LogP contribution in [0, 0.1) is 0 Å². The first-order valence-electron chi connectivity index (χ1n) is 6.64. The highest BCUT2D eigenvalue weighted by Gasteiger charge is 1.98. The molecule has 1 aromatic heterocycles. The number of aromatic nitrogens is 1. The van der Waals surface area contributed by atoms with Crippen LogP contribution in [-0.2, 0) is 11.3 Å². The first-order chi connectivity index (χ1) is 9.22. The van der Waals surface area contributed by atoms with Crippen LogP contribution in [0.25, 0.3) is 0 Å². The highest BCUT2D eigenvalue weighted by atomic mass is 16.5. The minimum absolute atomic E-state index is 0.715. The summed E-state index contributed by atoms with van der Waals surface area (Å²) in [6, 6.07) is 3.96. The maximum absolute atomic E-state index is 5.62. The number of ether oxygens (including phenoxy) is 2. The first kappa shape index (κ1) is 15.9. The van der Waals surface area contributed by atoms with Crippen LogP contribution in [0.2, 0.25) is 0 Å². The van der Waals surface area contributed by atoms with Gasteiger partial charge in [-0.3, -0.25) is 4.98 Å². The molecule has 0 radical (unpaired) electrons. The molecule has 19 heavy (non-hydrogen) atoms. The second-order valence-electron chi connectivity index (χ2n) is 4.66. The summed E-state index contributed by atoms with van der Waals surface area (Å²) in [5.74, 6) is 0.833. The number of nitrogens with zero attached hydrogens (tertiary/aromatic N) is 2. The Morgan fingerprint density at radius 3 is 2.74 bits per heavy atom. The van der Waals surface area contributed by atoms with E-state index in [-0.39, 0.29) is 0 Å². The van der Waals surface area contributed by atoms with Gasteiger partial charge in [-0.15, -0.1) is 0 Å². The molecule has 1 heterocycles. The van der Waals surface area contributed by atoms with E-state index in [9.17, 15) is 0 Å². The monoisotopic (exact) mass is 267 g/mol. The van der Waals surface area contributed by atoms with Gasteiger partial charge >= 0.3 is 0 Å². The normalized spacial score (nSPS) is 10.9. The van der Waals surface area contributed by atoms with Gasteiger partial charge in [0, 0.05) is 26.7 Å². The Morgan fingerprint density at radius 1 is 1.26 bits per heavy atom. The molecule has 0 atom stereocenters. The highest BCUT2D eigenvalue weighted by molar-refractivity contribution is 5.19. The zero-order chi connectivity index (χ0) is 13.9. The molecule has 1 aromatic rings. The SMILES string of the molecule is COCCNCc1ccc(OCCCN(C)C)cn1. The minimum Gasteiger partial charge on any atom is -0.492 e. The fraction of sp³-hybridized carbons (Fsp3) is 0.643. The van der Waals surface area contributed by atoms with Gasteiger partial charge in [0.05, 0.1) is 25.1 Å². The molecule has 0 saturated carbocycles. The van der Waals surface area contributed by atoms with Gasteiger partial charge in [0.2, 0.25) is 0 Å². The Labute approximate surface area is 115 Å². The fourth-order valence-corrected chi connectivity index (χ4v) is 1.56. The van der Waals surface area contributed by atoms with Crippen molar-refractivity contribution >= 4 is 0 Å². The molecule has 0 bridgehead atoms. The average molecular weight is 267 g/mol. The van der Waals surface area contributed by atoms with E-state index in [0.717, 1.165) is 44.1 Å². The Morgan fingerprint density at radius 2 is 2.11 bits per heavy atom. The summed E-state index contributed by atoms with van der Waals surface area (Å²) in [7, 11) is 5.82. The van der Waals surface area contributed by atoms with Gasteiger partial charge in [-0.1, -0.05) is 0 Å². The van der Waals surface area contributed by atoms with E-state index in [1.165, 1.54) is 0 Å². The molecule has 108 valence electrons. The molecule has 0 spiro atoms. The van der Waals surface area contributed by atoms with Gasteiger partial charge in [0.15, 0.2) is 0 Å². The summed E-state index contributed by atoms with van der Waals surface area (Å²) in [6.07, 6.45) is 2.80. The first-order valence-corrected chi connectivity index (χ1v) is 6.64. The number of hydrogen-bond donors (Lipinski definition) is 1. The molecular weight excluding hydrogens is 242 g/mol. The smallest absolute Gasteiger partial charge is 0.137 e. The summed E-state index contributed by atoms with van der Waals surface area (Å²) in [5, 5.41) is 3.25. The lowest BCUT2D eigenvalue weighted by molar-refractivity contribution is 0.199. The van der Waals surface area contributed by atoms with E-state index >= 15 is 0 Å². The summed E-state index contributed by atoms with van der Waals surface area (Å²) < 4.78 is 10.6. The molecule has 5 nitrogen and oxygen atoms in total. The van der Waals surface area contributed by atoms with E-state index in [0.29, 0.717) is 6.61 Å². The average Bonchev–Trinajstić information content (AvgIpc) is 2.41. The maximum atomic E-state index is 5.62. The van der Waals surface area contributed by atoms with E-state index in [2.05, 4.69) is 29.3 Å². The predicted octanol–water partition coefficient (Wildman–Crippen LogP) is 1.15. The van der Waals surface area contributed by atoms with Gasteiger partial charge in [-0.2, -0.15) is 0 Å². The van der Waals surface area contributed by atoms with Crippen LogP contribution in [0.4, 0.5) is 0 Å². The van der Waals surface area contributed by atoms with Crippen molar-refractivity contribution in [2.75, 3.05) is 47.5 Å². The van der Waals surface area contributed by atoms with Crippen molar-refractivity contribution in [3.8, 4) is 5.75 Å². The molecule has 5 heteroatoms. The quantitative estimate of drug-likeness (QED) is 0.644. The van der Waals surface area contributed by atoms with E-state index in [1.54, 1.807) is 13.3 Å². The van der Waals surface area contributed by atoms with Crippen LogP contribution in [0.5, 0.6) is 5.75 Å². The van der Waals surface area contributed by atoms with Crippen LogP contribution < -0.4 is 10.1 Å². The molecule has 1 rings (SSSR count). The molecule has 0 amide bonds. The summed E-state index contributed by atoms with van der Waals surface area (Å²) in [4.78, 5) is 6.50. The highest BCUT2D eigenvalue weighted by Crippen LogP contribution is 2.09. The Kier molecular flexibility index (Phi) is 8.13. The van der Waals surface area contributed by atoms with Crippen molar-refractivity contribution in [3.05, 3.63) is 24.0 Å². The summed E-state index contributed by atoms with van der Waals surface area (Å²) >= 11 is 0. The molecule has 0 aliphatic rings. The second kappa shape index (κ2) is 9.72. The summed E-state index contributed by atoms with van der Waals surface area (Å²) in [5.41, 5.74) is 1.01. The third kappa shape index (κ3) is 7.77. The zero-order valence-corrected chi connectivity index (χ0v) is 12.2. The van der Waals surface area contributed by atoms with E-state index in [1.807, 2.05) is 12.1 Å². The maximum Gasteiger partial charge on any atom is 0.137 e. The Balaban J connectivity index is 2.19. The van der Waals surface area contributed by atoms with Crippen LogP contribution in [0.15, 0.2) is 18.3 Å². The third-order valence-electron chi connectivity index (χ3n) is 2.61. The van der Waals surface area contributed by atoms with Crippen molar-refractivity contribution in [2.24, 2.45) is 0 Å². The van der Waals surface area contributed by atoms with E-state index < -0.39 is 0 Å².